The maximum absolute atomic E-state index is 12.7. The van der Waals surface area contributed by atoms with Crippen LogP contribution in [0.5, 0.6) is 0 Å². The van der Waals surface area contributed by atoms with Crippen LogP contribution in [0.2, 0.25) is 0 Å². The molecule has 110 valence electrons. The molecule has 0 aliphatic heterocycles. The van der Waals surface area contributed by atoms with Crippen LogP contribution in [-0.4, -0.2) is 10.9 Å². The van der Waals surface area contributed by atoms with E-state index in [0.29, 0.717) is 9.26 Å². The lowest BCUT2D eigenvalue weighted by atomic mass is 10.2. The van der Waals surface area contributed by atoms with Crippen molar-refractivity contribution in [1.82, 2.24) is 4.98 Å². The van der Waals surface area contributed by atoms with Gasteiger partial charge in [-0.2, -0.15) is 13.2 Å². The van der Waals surface area contributed by atoms with E-state index < -0.39 is 17.6 Å². The molecule has 0 atom stereocenters. The number of benzene rings is 1. The second-order valence-electron chi connectivity index (χ2n) is 4.31. The summed E-state index contributed by atoms with van der Waals surface area (Å²) in [5, 5.41) is 2.46. The molecule has 0 aliphatic rings. The van der Waals surface area contributed by atoms with Gasteiger partial charge in [0.2, 0.25) is 0 Å². The van der Waals surface area contributed by atoms with Crippen LogP contribution in [0.15, 0.2) is 36.4 Å². The topological polar surface area (TPSA) is 42.0 Å². The number of hydrogen-bond donors (Lipinski definition) is 1. The number of nitrogens with zero attached hydrogens (tertiary/aromatic N) is 1. The molecule has 0 aliphatic carbocycles. The van der Waals surface area contributed by atoms with Crippen molar-refractivity contribution in [1.29, 1.82) is 0 Å². The summed E-state index contributed by atoms with van der Waals surface area (Å²) in [6.07, 6.45) is -4.45. The molecular weight excluding hydrogens is 396 g/mol. The number of anilines is 1. The molecule has 1 aromatic carbocycles. The van der Waals surface area contributed by atoms with E-state index in [1.54, 1.807) is 19.1 Å². The van der Waals surface area contributed by atoms with Crippen molar-refractivity contribution in [3.8, 4) is 0 Å². The van der Waals surface area contributed by atoms with Crippen LogP contribution in [0.1, 0.15) is 21.7 Å². The minimum Gasteiger partial charge on any atom is -0.320 e. The van der Waals surface area contributed by atoms with E-state index in [4.69, 9.17) is 0 Å². The van der Waals surface area contributed by atoms with Gasteiger partial charge in [-0.15, -0.1) is 0 Å². The summed E-state index contributed by atoms with van der Waals surface area (Å²) in [5.74, 6) is -0.545. The van der Waals surface area contributed by atoms with Crippen LogP contribution >= 0.6 is 22.6 Å². The van der Waals surface area contributed by atoms with E-state index in [9.17, 15) is 18.0 Å². The number of amides is 1. The lowest BCUT2D eigenvalue weighted by Gasteiger charge is -2.11. The zero-order valence-electron chi connectivity index (χ0n) is 10.8. The molecular formula is C14H10F3IN2O. The number of carbonyl (C=O) groups is 1. The number of nitrogens with one attached hydrogen (secondary N) is 1. The second kappa shape index (κ2) is 6.00. The highest BCUT2D eigenvalue weighted by molar-refractivity contribution is 14.1. The maximum Gasteiger partial charge on any atom is 0.416 e. The minimum atomic E-state index is -4.45. The molecule has 3 nitrogen and oxygen atoms in total. The van der Waals surface area contributed by atoms with E-state index in [0.717, 1.165) is 12.1 Å². The fourth-order valence-corrected chi connectivity index (χ4v) is 2.12. The molecule has 0 radical (unpaired) electrons. The van der Waals surface area contributed by atoms with Gasteiger partial charge < -0.3 is 5.32 Å². The van der Waals surface area contributed by atoms with Crippen LogP contribution in [0.25, 0.3) is 0 Å². The summed E-state index contributed by atoms with van der Waals surface area (Å²) in [6.45, 7) is 1.73. The number of aryl methyl sites for hydroxylation is 1. The monoisotopic (exact) mass is 406 g/mol. The highest BCUT2D eigenvalue weighted by Crippen LogP contribution is 2.32. The number of rotatable bonds is 2. The fourth-order valence-electron chi connectivity index (χ4n) is 1.65. The molecule has 0 saturated carbocycles. The molecule has 1 amide bonds. The van der Waals surface area contributed by atoms with Gasteiger partial charge in [0.05, 0.1) is 11.3 Å². The third-order valence-electron chi connectivity index (χ3n) is 2.66. The second-order valence-corrected chi connectivity index (χ2v) is 5.47. The third-order valence-corrected chi connectivity index (χ3v) is 3.60. The lowest BCUT2D eigenvalue weighted by molar-refractivity contribution is -0.137. The van der Waals surface area contributed by atoms with Crippen LogP contribution in [0.4, 0.5) is 18.9 Å². The van der Waals surface area contributed by atoms with Crippen LogP contribution in [0, 0.1) is 10.5 Å². The van der Waals surface area contributed by atoms with Gasteiger partial charge in [-0.25, -0.2) is 4.98 Å². The van der Waals surface area contributed by atoms with E-state index in [1.807, 2.05) is 22.6 Å². The summed E-state index contributed by atoms with van der Waals surface area (Å²) in [7, 11) is 0. The number of alkyl halides is 3. The molecule has 21 heavy (non-hydrogen) atoms. The standard InChI is InChI=1S/C14H10F3IN2O/c1-8-3-2-4-11(19-8)13(21)20-12-7-9(14(15,16)17)5-6-10(12)18/h2-7H,1H3,(H,20,21). The predicted molar refractivity (Wildman–Crippen MR) is 81.1 cm³/mol. The summed E-state index contributed by atoms with van der Waals surface area (Å²) in [6, 6.07) is 8.09. The highest BCUT2D eigenvalue weighted by Gasteiger charge is 2.31. The van der Waals surface area contributed by atoms with E-state index in [-0.39, 0.29) is 11.4 Å². The first kappa shape index (κ1) is 15.7. The minimum absolute atomic E-state index is 0.110. The molecule has 1 heterocycles. The Bertz CT molecular complexity index is 686. The molecule has 0 saturated heterocycles. The van der Waals surface area contributed by atoms with Crippen LogP contribution < -0.4 is 5.32 Å². The van der Waals surface area contributed by atoms with Gasteiger partial charge in [0.1, 0.15) is 5.69 Å². The summed E-state index contributed by atoms with van der Waals surface area (Å²) >= 11 is 1.86. The van der Waals surface area contributed by atoms with Crippen molar-refractivity contribution in [2.24, 2.45) is 0 Å². The van der Waals surface area contributed by atoms with Crippen molar-refractivity contribution in [3.05, 3.63) is 56.9 Å². The Morgan fingerprint density at radius 1 is 1.24 bits per heavy atom. The molecule has 0 fully saturated rings. The SMILES string of the molecule is Cc1cccc(C(=O)Nc2cc(C(F)(F)F)ccc2I)n1. The van der Waals surface area contributed by atoms with Gasteiger partial charge in [0, 0.05) is 9.26 Å². The Morgan fingerprint density at radius 2 is 1.95 bits per heavy atom. The van der Waals surface area contributed by atoms with Gasteiger partial charge in [-0.05, 0) is 59.8 Å². The maximum atomic E-state index is 12.7. The Hall–Kier alpha value is -1.64. The Kier molecular flexibility index (Phi) is 4.50. The molecule has 2 aromatic rings. The summed E-state index contributed by atoms with van der Waals surface area (Å²) in [5.41, 5.74) is 0.110. The van der Waals surface area contributed by atoms with Crippen molar-refractivity contribution in [2.75, 3.05) is 5.32 Å². The normalized spacial score (nSPS) is 11.3. The van der Waals surface area contributed by atoms with E-state index in [2.05, 4.69) is 10.3 Å². The van der Waals surface area contributed by atoms with Crippen LogP contribution in [0.3, 0.4) is 0 Å². The molecule has 7 heteroatoms. The first-order valence-corrected chi connectivity index (χ1v) is 6.97. The zero-order chi connectivity index (χ0) is 15.6. The largest absolute Gasteiger partial charge is 0.416 e. The van der Waals surface area contributed by atoms with Gasteiger partial charge in [0.25, 0.3) is 5.91 Å². The predicted octanol–water partition coefficient (Wildman–Crippen LogP) is 4.27. The molecule has 1 aromatic heterocycles. The van der Waals surface area contributed by atoms with Crippen molar-refractivity contribution >= 4 is 34.2 Å². The van der Waals surface area contributed by atoms with E-state index >= 15 is 0 Å². The number of carbonyl (C=O) groups excluding carboxylic acids is 1. The number of aromatic nitrogens is 1. The lowest BCUT2D eigenvalue weighted by Crippen LogP contribution is -2.16. The average Bonchev–Trinajstić information content (AvgIpc) is 2.40. The highest BCUT2D eigenvalue weighted by atomic mass is 127. The molecule has 0 spiro atoms. The van der Waals surface area contributed by atoms with Gasteiger partial charge in [-0.3, -0.25) is 4.79 Å². The van der Waals surface area contributed by atoms with Gasteiger partial charge in [0.15, 0.2) is 0 Å². The Labute approximate surface area is 132 Å². The Morgan fingerprint density at radius 3 is 2.57 bits per heavy atom. The fraction of sp³-hybridized carbons (Fsp3) is 0.143. The van der Waals surface area contributed by atoms with E-state index in [1.165, 1.54) is 12.1 Å². The first-order chi connectivity index (χ1) is 9.77. The zero-order valence-corrected chi connectivity index (χ0v) is 13.0. The van der Waals surface area contributed by atoms with Gasteiger partial charge in [-0.1, -0.05) is 6.07 Å². The molecule has 0 unspecified atom stereocenters. The number of hydrogen-bond acceptors (Lipinski definition) is 2. The number of pyridine rings is 1. The first-order valence-electron chi connectivity index (χ1n) is 5.89. The average molecular weight is 406 g/mol. The number of halogens is 4. The third kappa shape index (κ3) is 3.93. The van der Waals surface area contributed by atoms with Crippen molar-refractivity contribution in [3.63, 3.8) is 0 Å². The summed E-state index contributed by atoms with van der Waals surface area (Å²) < 4.78 is 38.6. The molecule has 0 bridgehead atoms. The van der Waals surface area contributed by atoms with Crippen LogP contribution in [-0.2, 0) is 6.18 Å². The molecule has 2 rings (SSSR count). The summed E-state index contributed by atoms with van der Waals surface area (Å²) in [4.78, 5) is 16.1. The van der Waals surface area contributed by atoms with Crippen molar-refractivity contribution in [2.45, 2.75) is 13.1 Å². The quantitative estimate of drug-likeness (QED) is 0.758. The Balaban J connectivity index is 2.29. The smallest absolute Gasteiger partial charge is 0.320 e. The van der Waals surface area contributed by atoms with Crippen molar-refractivity contribution < 1.29 is 18.0 Å². The molecule has 1 N–H and O–H groups in total. The van der Waals surface area contributed by atoms with Gasteiger partial charge >= 0.3 is 6.18 Å².